The molecule has 0 saturated carbocycles. The lowest BCUT2D eigenvalue weighted by Crippen LogP contribution is -2.65. The molecule has 2 aliphatic rings. The summed E-state index contributed by atoms with van der Waals surface area (Å²) >= 11 is 0. The summed E-state index contributed by atoms with van der Waals surface area (Å²) in [7, 11) is 6.22. The lowest BCUT2D eigenvalue weighted by molar-refractivity contribution is -0.227. The second kappa shape index (κ2) is 11.8. The number of hydrogen-bond acceptors (Lipinski definition) is 8. The molecular weight excluding hydrogens is 536 g/mol. The van der Waals surface area contributed by atoms with Crippen LogP contribution in [0.2, 0.25) is 0 Å². The van der Waals surface area contributed by atoms with Gasteiger partial charge in [-0.2, -0.15) is 0 Å². The topological polar surface area (TPSA) is 89.5 Å². The van der Waals surface area contributed by atoms with Gasteiger partial charge in [-0.15, -0.1) is 0 Å². The third kappa shape index (κ3) is 4.86. The van der Waals surface area contributed by atoms with E-state index in [9.17, 15) is 9.59 Å². The molecule has 0 saturated heterocycles. The first kappa shape index (κ1) is 29.1. The molecular formula is C34H34O8. The van der Waals surface area contributed by atoms with Gasteiger partial charge >= 0.3 is 11.9 Å². The summed E-state index contributed by atoms with van der Waals surface area (Å²) in [5, 5.41) is 0. The van der Waals surface area contributed by atoms with E-state index in [4.69, 9.17) is 28.4 Å². The van der Waals surface area contributed by atoms with Crippen LogP contribution in [0.1, 0.15) is 38.8 Å². The molecule has 0 amide bonds. The number of benzene rings is 3. The fourth-order valence-corrected chi connectivity index (χ4v) is 5.90. The van der Waals surface area contributed by atoms with Gasteiger partial charge in [0.2, 0.25) is 0 Å². The highest BCUT2D eigenvalue weighted by Gasteiger charge is 2.64. The van der Waals surface area contributed by atoms with Crippen molar-refractivity contribution in [3.63, 3.8) is 0 Å². The normalized spacial score (nSPS) is 24.6. The number of carbonyl (C=O) groups excluding carboxylic acids is 2. The molecule has 5 rings (SSSR count). The molecule has 0 aliphatic heterocycles. The Labute approximate surface area is 245 Å². The number of allylic oxidation sites excluding steroid dienone is 2. The largest absolute Gasteiger partial charge is 0.497 e. The van der Waals surface area contributed by atoms with Gasteiger partial charge in [-0.3, -0.25) is 0 Å². The molecule has 0 bridgehead atoms. The van der Waals surface area contributed by atoms with Gasteiger partial charge in [-0.05, 0) is 66.6 Å². The quantitative estimate of drug-likeness (QED) is 0.307. The Morgan fingerprint density at radius 3 is 1.55 bits per heavy atom. The number of fused-ring (bicyclic) bond motifs is 1. The van der Waals surface area contributed by atoms with E-state index in [-0.39, 0.29) is 5.92 Å². The van der Waals surface area contributed by atoms with E-state index in [2.05, 4.69) is 0 Å². The molecule has 8 heteroatoms. The first-order valence-corrected chi connectivity index (χ1v) is 13.6. The lowest BCUT2D eigenvalue weighted by Gasteiger charge is -2.54. The van der Waals surface area contributed by atoms with Crippen LogP contribution in [0.5, 0.6) is 11.5 Å². The summed E-state index contributed by atoms with van der Waals surface area (Å²) in [5.74, 6) is -0.370. The number of hydrogen-bond donors (Lipinski definition) is 0. The van der Waals surface area contributed by atoms with Crippen LogP contribution in [-0.4, -0.2) is 52.6 Å². The molecule has 2 aliphatic carbocycles. The zero-order valence-corrected chi connectivity index (χ0v) is 24.2. The van der Waals surface area contributed by atoms with Gasteiger partial charge in [0.1, 0.15) is 22.7 Å². The van der Waals surface area contributed by atoms with Crippen LogP contribution in [0.15, 0.2) is 97.1 Å². The van der Waals surface area contributed by atoms with Gasteiger partial charge in [0.25, 0.3) is 0 Å². The third-order valence-corrected chi connectivity index (χ3v) is 8.25. The monoisotopic (exact) mass is 570 g/mol. The predicted molar refractivity (Wildman–Crippen MR) is 156 cm³/mol. The fraction of sp³-hybridized carbons (Fsp3) is 0.294. The summed E-state index contributed by atoms with van der Waals surface area (Å²) in [5.41, 5.74) is -0.342. The van der Waals surface area contributed by atoms with Crippen molar-refractivity contribution >= 4 is 11.9 Å². The van der Waals surface area contributed by atoms with E-state index >= 15 is 0 Å². The minimum atomic E-state index is -1.26. The number of esters is 2. The van der Waals surface area contributed by atoms with Crippen LogP contribution in [0.3, 0.4) is 0 Å². The molecule has 4 atom stereocenters. The van der Waals surface area contributed by atoms with E-state index in [1.807, 2.05) is 55.5 Å². The average Bonchev–Trinajstić information content (AvgIpc) is 3.59. The molecule has 218 valence electrons. The molecule has 3 aromatic carbocycles. The van der Waals surface area contributed by atoms with Crippen LogP contribution in [0.4, 0.5) is 0 Å². The Kier molecular flexibility index (Phi) is 8.20. The SMILES string of the molecule is COc1ccc(C(=O)O[C@@H]2[C@H](OC(=O)c3ccc(OC)cc3)[C@](C)(OC)c3ccccc3[C@@]2(OC)C2C=CC=C2)cc1. The molecule has 0 aromatic heterocycles. The predicted octanol–water partition coefficient (Wildman–Crippen LogP) is 5.61. The number of carbonyl (C=O) groups is 2. The average molecular weight is 571 g/mol. The van der Waals surface area contributed by atoms with E-state index in [0.29, 0.717) is 22.6 Å². The van der Waals surface area contributed by atoms with Crippen molar-refractivity contribution in [2.45, 2.75) is 30.3 Å². The smallest absolute Gasteiger partial charge is 0.338 e. The molecule has 0 heterocycles. The molecule has 0 unspecified atom stereocenters. The molecule has 0 spiro atoms. The van der Waals surface area contributed by atoms with Crippen molar-refractivity contribution in [2.24, 2.45) is 5.92 Å². The molecule has 0 N–H and O–H groups in total. The molecule has 42 heavy (non-hydrogen) atoms. The zero-order valence-electron chi connectivity index (χ0n) is 24.2. The number of rotatable bonds is 9. The van der Waals surface area contributed by atoms with Gasteiger partial charge in [0.05, 0.1) is 25.3 Å². The second-order valence-corrected chi connectivity index (χ2v) is 10.3. The summed E-state index contributed by atoms with van der Waals surface area (Å²) in [4.78, 5) is 27.4. The van der Waals surface area contributed by atoms with Gasteiger partial charge in [-0.25, -0.2) is 9.59 Å². The van der Waals surface area contributed by atoms with Crippen molar-refractivity contribution in [1.82, 2.24) is 0 Å². The van der Waals surface area contributed by atoms with E-state index in [1.165, 1.54) is 0 Å². The first-order valence-electron chi connectivity index (χ1n) is 13.6. The van der Waals surface area contributed by atoms with Crippen molar-refractivity contribution < 1.29 is 38.0 Å². The van der Waals surface area contributed by atoms with Gasteiger partial charge in [-0.1, -0.05) is 48.6 Å². The highest BCUT2D eigenvalue weighted by molar-refractivity contribution is 5.91. The summed E-state index contributed by atoms with van der Waals surface area (Å²) in [6.07, 6.45) is 5.55. The van der Waals surface area contributed by atoms with Crippen LogP contribution >= 0.6 is 0 Å². The molecule has 0 radical (unpaired) electrons. The maximum Gasteiger partial charge on any atom is 0.338 e. The van der Waals surface area contributed by atoms with Gasteiger partial charge in [0.15, 0.2) is 12.2 Å². The highest BCUT2D eigenvalue weighted by Crippen LogP contribution is 2.54. The Morgan fingerprint density at radius 2 is 1.10 bits per heavy atom. The fourth-order valence-electron chi connectivity index (χ4n) is 5.90. The van der Waals surface area contributed by atoms with Crippen molar-refractivity contribution in [3.8, 4) is 11.5 Å². The van der Waals surface area contributed by atoms with Crippen molar-refractivity contribution in [3.05, 3.63) is 119 Å². The number of ether oxygens (including phenoxy) is 6. The second-order valence-electron chi connectivity index (χ2n) is 10.3. The lowest BCUT2D eigenvalue weighted by atomic mass is 9.63. The Hall–Kier alpha value is -4.40. The van der Waals surface area contributed by atoms with Crippen LogP contribution in [-0.2, 0) is 30.1 Å². The molecule has 3 aromatic rings. The Morgan fingerprint density at radius 1 is 0.619 bits per heavy atom. The summed E-state index contributed by atoms with van der Waals surface area (Å²) in [6, 6.07) is 20.8. The standard InChI is InChI=1S/C34H34O8/c1-33(39-4)27-12-8-9-13-28(27)34(40-5,24-10-6-7-11-24)30(42-32(36)23-16-20-26(38-3)21-17-23)29(33)41-31(35)22-14-18-25(37-2)19-15-22/h6-21,24,29-30H,1-5H3/t29-,30+,33+,34-/m0/s1. The summed E-state index contributed by atoms with van der Waals surface area (Å²) in [6.45, 7) is 1.83. The summed E-state index contributed by atoms with van der Waals surface area (Å²) < 4.78 is 35.7. The van der Waals surface area contributed by atoms with E-state index in [0.717, 1.165) is 11.1 Å². The van der Waals surface area contributed by atoms with E-state index in [1.54, 1.807) is 77.0 Å². The van der Waals surface area contributed by atoms with Crippen LogP contribution in [0, 0.1) is 5.92 Å². The van der Waals surface area contributed by atoms with Crippen molar-refractivity contribution in [2.75, 3.05) is 28.4 Å². The van der Waals surface area contributed by atoms with Crippen LogP contribution < -0.4 is 9.47 Å². The minimum absolute atomic E-state index is 0.302. The van der Waals surface area contributed by atoms with Gasteiger partial charge in [0, 0.05) is 20.1 Å². The van der Waals surface area contributed by atoms with Crippen LogP contribution in [0.25, 0.3) is 0 Å². The maximum absolute atomic E-state index is 13.8. The third-order valence-electron chi connectivity index (χ3n) is 8.25. The zero-order chi connectivity index (χ0) is 29.9. The highest BCUT2D eigenvalue weighted by atomic mass is 16.6. The first-order chi connectivity index (χ1) is 20.3. The maximum atomic E-state index is 13.8. The van der Waals surface area contributed by atoms with E-state index < -0.39 is 35.3 Å². The minimum Gasteiger partial charge on any atom is -0.497 e. The molecule has 8 nitrogen and oxygen atoms in total. The molecule has 0 fully saturated rings. The Bertz CT molecular complexity index is 1480. The number of methoxy groups -OCH3 is 4. The Balaban J connectivity index is 1.67. The van der Waals surface area contributed by atoms with Crippen molar-refractivity contribution in [1.29, 1.82) is 0 Å². The van der Waals surface area contributed by atoms with Gasteiger partial charge < -0.3 is 28.4 Å².